The van der Waals surface area contributed by atoms with Gasteiger partial charge in [-0.3, -0.25) is 4.90 Å². The van der Waals surface area contributed by atoms with E-state index in [1.54, 1.807) is 0 Å². The van der Waals surface area contributed by atoms with Gasteiger partial charge in [-0.05, 0) is 51.4 Å². The molecule has 1 fully saturated rings. The number of hydrogen-bond donors (Lipinski definition) is 1. The number of likely N-dealkylation sites (tertiary alicyclic amines) is 1. The standard InChI is InChI=1S/C16H23F2NO/c1-3-16(2,19-10-5-4-6-11-19)15(20)14-12(17)8-7-9-13(14)18/h7-9,15,20H,3-6,10-11H2,1-2H3. The molecule has 0 aromatic heterocycles. The van der Waals surface area contributed by atoms with Crippen molar-refractivity contribution >= 4 is 0 Å². The third-order valence-corrected chi connectivity index (χ3v) is 4.66. The van der Waals surface area contributed by atoms with Crippen molar-refractivity contribution in [1.29, 1.82) is 0 Å². The van der Waals surface area contributed by atoms with Gasteiger partial charge >= 0.3 is 0 Å². The lowest BCUT2D eigenvalue weighted by Crippen LogP contribution is -2.52. The van der Waals surface area contributed by atoms with Crippen molar-refractivity contribution in [2.45, 2.75) is 51.2 Å². The molecular formula is C16H23F2NO. The summed E-state index contributed by atoms with van der Waals surface area (Å²) >= 11 is 0. The van der Waals surface area contributed by atoms with E-state index >= 15 is 0 Å². The number of halogens is 2. The normalized spacial score (nSPS) is 21.4. The second kappa shape index (κ2) is 6.19. The summed E-state index contributed by atoms with van der Waals surface area (Å²) in [6.07, 6.45) is 2.80. The molecular weight excluding hydrogens is 260 g/mol. The van der Waals surface area contributed by atoms with Crippen LogP contribution < -0.4 is 0 Å². The predicted octanol–water partition coefficient (Wildman–Crippen LogP) is 3.65. The molecule has 2 nitrogen and oxygen atoms in total. The van der Waals surface area contributed by atoms with Gasteiger partial charge in [0.2, 0.25) is 0 Å². The Morgan fingerprint density at radius 2 is 1.75 bits per heavy atom. The highest BCUT2D eigenvalue weighted by Crippen LogP contribution is 2.37. The van der Waals surface area contributed by atoms with E-state index in [0.717, 1.165) is 25.9 Å². The first-order valence-corrected chi connectivity index (χ1v) is 7.37. The first-order chi connectivity index (χ1) is 9.50. The molecule has 0 aliphatic carbocycles. The van der Waals surface area contributed by atoms with Crippen molar-refractivity contribution in [3.63, 3.8) is 0 Å². The molecule has 4 heteroatoms. The van der Waals surface area contributed by atoms with E-state index in [9.17, 15) is 13.9 Å². The van der Waals surface area contributed by atoms with Crippen LogP contribution in [0.2, 0.25) is 0 Å². The fourth-order valence-corrected chi connectivity index (χ4v) is 3.08. The van der Waals surface area contributed by atoms with Crippen LogP contribution in [0, 0.1) is 11.6 Å². The molecule has 2 unspecified atom stereocenters. The van der Waals surface area contributed by atoms with Crippen LogP contribution in [0.3, 0.4) is 0 Å². The number of rotatable bonds is 4. The summed E-state index contributed by atoms with van der Waals surface area (Å²) in [6.45, 7) is 5.60. The molecule has 1 aromatic rings. The van der Waals surface area contributed by atoms with E-state index in [4.69, 9.17) is 0 Å². The van der Waals surface area contributed by atoms with Gasteiger partial charge < -0.3 is 5.11 Å². The Morgan fingerprint density at radius 3 is 2.25 bits per heavy atom. The maximum Gasteiger partial charge on any atom is 0.132 e. The smallest absolute Gasteiger partial charge is 0.132 e. The average molecular weight is 283 g/mol. The van der Waals surface area contributed by atoms with Crippen LogP contribution in [0.1, 0.15) is 51.2 Å². The second-order valence-corrected chi connectivity index (χ2v) is 5.80. The number of hydrogen-bond acceptors (Lipinski definition) is 2. The molecule has 1 aliphatic rings. The highest BCUT2D eigenvalue weighted by atomic mass is 19.1. The molecule has 1 N–H and O–H groups in total. The Morgan fingerprint density at radius 1 is 1.20 bits per heavy atom. The Kier molecular flexibility index (Phi) is 4.76. The molecule has 0 bridgehead atoms. The van der Waals surface area contributed by atoms with E-state index < -0.39 is 23.3 Å². The van der Waals surface area contributed by atoms with Crippen LogP contribution in [-0.2, 0) is 0 Å². The topological polar surface area (TPSA) is 23.5 Å². The van der Waals surface area contributed by atoms with Gasteiger partial charge in [-0.15, -0.1) is 0 Å². The molecule has 112 valence electrons. The Labute approximate surface area is 119 Å². The van der Waals surface area contributed by atoms with Crippen molar-refractivity contribution in [3.05, 3.63) is 35.4 Å². The van der Waals surface area contributed by atoms with Crippen LogP contribution in [0.25, 0.3) is 0 Å². The van der Waals surface area contributed by atoms with Gasteiger partial charge in [0, 0.05) is 5.54 Å². The fourth-order valence-electron chi connectivity index (χ4n) is 3.08. The number of aliphatic hydroxyl groups is 1. The zero-order chi connectivity index (χ0) is 14.8. The van der Waals surface area contributed by atoms with Crippen molar-refractivity contribution < 1.29 is 13.9 Å². The van der Waals surface area contributed by atoms with Crippen molar-refractivity contribution in [1.82, 2.24) is 4.90 Å². The highest BCUT2D eigenvalue weighted by Gasteiger charge is 2.40. The quantitative estimate of drug-likeness (QED) is 0.911. The average Bonchev–Trinajstić information content (AvgIpc) is 2.47. The molecule has 1 aliphatic heterocycles. The summed E-state index contributed by atoms with van der Waals surface area (Å²) in [6, 6.07) is 3.73. The molecule has 2 rings (SSSR count). The van der Waals surface area contributed by atoms with Crippen LogP contribution >= 0.6 is 0 Å². The summed E-state index contributed by atoms with van der Waals surface area (Å²) in [4.78, 5) is 2.17. The van der Waals surface area contributed by atoms with E-state index in [2.05, 4.69) is 4.90 Å². The number of piperidine rings is 1. The van der Waals surface area contributed by atoms with Crippen LogP contribution in [0.15, 0.2) is 18.2 Å². The summed E-state index contributed by atoms with van der Waals surface area (Å²) in [5.41, 5.74) is -0.842. The van der Waals surface area contributed by atoms with Gasteiger partial charge in [0.25, 0.3) is 0 Å². The van der Waals surface area contributed by atoms with Gasteiger partial charge in [-0.25, -0.2) is 8.78 Å². The summed E-state index contributed by atoms with van der Waals surface area (Å²) in [7, 11) is 0. The van der Waals surface area contributed by atoms with E-state index in [1.807, 2.05) is 13.8 Å². The first-order valence-electron chi connectivity index (χ1n) is 7.37. The maximum absolute atomic E-state index is 13.9. The molecule has 1 aromatic carbocycles. The van der Waals surface area contributed by atoms with Crippen LogP contribution in [-0.4, -0.2) is 28.6 Å². The highest BCUT2D eigenvalue weighted by molar-refractivity contribution is 5.25. The molecule has 0 amide bonds. The summed E-state index contributed by atoms with van der Waals surface area (Å²) < 4.78 is 27.8. The van der Waals surface area contributed by atoms with Gasteiger partial charge in [-0.1, -0.05) is 19.4 Å². The number of nitrogens with zero attached hydrogens (tertiary/aromatic N) is 1. The Hall–Kier alpha value is -1.00. The lowest BCUT2D eigenvalue weighted by Gasteiger charge is -2.46. The monoisotopic (exact) mass is 283 g/mol. The molecule has 2 atom stereocenters. The van der Waals surface area contributed by atoms with Crippen LogP contribution in [0.4, 0.5) is 8.78 Å². The molecule has 0 radical (unpaired) electrons. The summed E-state index contributed by atoms with van der Waals surface area (Å²) in [5, 5.41) is 10.6. The maximum atomic E-state index is 13.9. The summed E-state index contributed by atoms with van der Waals surface area (Å²) in [5.74, 6) is -1.34. The van der Waals surface area contributed by atoms with Crippen molar-refractivity contribution in [3.8, 4) is 0 Å². The third kappa shape index (κ3) is 2.72. The minimum atomic E-state index is -1.16. The Bertz CT molecular complexity index is 440. The van der Waals surface area contributed by atoms with Crippen molar-refractivity contribution in [2.75, 3.05) is 13.1 Å². The number of aliphatic hydroxyl groups excluding tert-OH is 1. The second-order valence-electron chi connectivity index (χ2n) is 5.80. The first kappa shape index (κ1) is 15.4. The lowest BCUT2D eigenvalue weighted by atomic mass is 9.83. The third-order valence-electron chi connectivity index (χ3n) is 4.66. The van der Waals surface area contributed by atoms with E-state index in [1.165, 1.54) is 24.6 Å². The minimum absolute atomic E-state index is 0.206. The fraction of sp³-hybridized carbons (Fsp3) is 0.625. The Balaban J connectivity index is 2.34. The zero-order valence-electron chi connectivity index (χ0n) is 12.2. The largest absolute Gasteiger partial charge is 0.386 e. The molecule has 20 heavy (non-hydrogen) atoms. The zero-order valence-corrected chi connectivity index (χ0v) is 12.2. The van der Waals surface area contributed by atoms with E-state index in [-0.39, 0.29) is 5.56 Å². The molecule has 1 heterocycles. The van der Waals surface area contributed by atoms with E-state index in [0.29, 0.717) is 6.42 Å². The number of benzene rings is 1. The van der Waals surface area contributed by atoms with Gasteiger partial charge in [0.1, 0.15) is 17.7 Å². The van der Waals surface area contributed by atoms with Gasteiger partial charge in [0.05, 0.1) is 5.56 Å². The predicted molar refractivity (Wildman–Crippen MR) is 75.4 cm³/mol. The van der Waals surface area contributed by atoms with Gasteiger partial charge in [-0.2, -0.15) is 0 Å². The molecule has 0 spiro atoms. The lowest BCUT2D eigenvalue weighted by molar-refractivity contribution is -0.0383. The SMILES string of the molecule is CCC(C)(C(O)c1c(F)cccc1F)N1CCCCC1. The minimum Gasteiger partial charge on any atom is -0.386 e. The molecule has 0 saturated carbocycles. The van der Waals surface area contributed by atoms with Crippen molar-refractivity contribution in [2.24, 2.45) is 0 Å². The van der Waals surface area contributed by atoms with Crippen LogP contribution in [0.5, 0.6) is 0 Å². The van der Waals surface area contributed by atoms with Gasteiger partial charge in [0.15, 0.2) is 0 Å². The molecule has 1 saturated heterocycles.